The lowest BCUT2D eigenvalue weighted by atomic mass is 10.3. The Morgan fingerprint density at radius 3 is 1.89 bits per heavy atom. The molecule has 2 rings (SSSR count). The average Bonchev–Trinajstić information content (AvgIpc) is 2.42. The number of carbonyl (C=O) groups is 1. The highest BCUT2D eigenvalue weighted by atomic mass is 16.1. The summed E-state index contributed by atoms with van der Waals surface area (Å²) >= 11 is 0. The minimum absolute atomic E-state index is 0.732. The second-order valence-electron chi connectivity index (χ2n) is 3.42. The van der Waals surface area contributed by atoms with E-state index in [1.54, 1.807) is 6.20 Å². The van der Waals surface area contributed by atoms with E-state index in [-0.39, 0.29) is 0 Å². The molecule has 2 aromatic rings. The lowest BCUT2D eigenvalue weighted by Gasteiger charge is -1.96. The third-order valence-electron chi connectivity index (χ3n) is 2.00. The fraction of sp³-hybridized carbons (Fsp3) is 0. The molecule has 92 valence electrons. The Bertz CT molecular complexity index is 466. The third-order valence-corrected chi connectivity index (χ3v) is 2.00. The molecule has 0 spiro atoms. The molecule has 0 bridgehead atoms. The van der Waals surface area contributed by atoms with Crippen LogP contribution in [-0.2, 0) is 4.79 Å². The zero-order valence-corrected chi connectivity index (χ0v) is 9.99. The molecule has 0 aliphatic rings. The number of nitrogens with two attached hydrogens (primary N) is 1. The zero-order chi connectivity index (χ0) is 13.1. The molecule has 2 aromatic carbocycles. The molecule has 3 heteroatoms. The van der Waals surface area contributed by atoms with E-state index in [1.807, 2.05) is 60.7 Å². The molecule has 0 aliphatic heterocycles. The lowest BCUT2D eigenvalue weighted by molar-refractivity contribution is -0.104. The summed E-state index contributed by atoms with van der Waals surface area (Å²) < 4.78 is 0. The number of aldehydes is 1. The Hall–Kier alpha value is -2.55. The van der Waals surface area contributed by atoms with Crippen LogP contribution in [-0.4, -0.2) is 6.29 Å². The van der Waals surface area contributed by atoms with Crippen molar-refractivity contribution in [3.63, 3.8) is 0 Å². The lowest BCUT2D eigenvalue weighted by Crippen LogP contribution is -1.85. The maximum absolute atomic E-state index is 9.87. The van der Waals surface area contributed by atoms with Crippen molar-refractivity contribution in [2.24, 2.45) is 0 Å². The molecule has 0 aliphatic carbocycles. The summed E-state index contributed by atoms with van der Waals surface area (Å²) in [6.07, 6.45) is 3.74. The maximum atomic E-state index is 9.87. The standard InChI is InChI=1S/C9H9NO.C6H7N/c11-8-4-7-10-9-5-2-1-3-6-9;7-6-4-2-1-3-5-6/h1-8,10H;1-5H,7H2. The minimum atomic E-state index is 0.732. The summed E-state index contributed by atoms with van der Waals surface area (Å²) in [7, 11) is 0. The van der Waals surface area contributed by atoms with Crippen molar-refractivity contribution in [3.05, 3.63) is 72.9 Å². The van der Waals surface area contributed by atoms with Crippen LogP contribution < -0.4 is 11.1 Å². The van der Waals surface area contributed by atoms with Gasteiger partial charge in [-0.2, -0.15) is 0 Å². The number of nitrogens with one attached hydrogen (secondary N) is 1. The van der Waals surface area contributed by atoms with Gasteiger partial charge in [0.2, 0.25) is 0 Å². The molecule has 0 heterocycles. The number of para-hydroxylation sites is 2. The number of rotatable bonds is 3. The van der Waals surface area contributed by atoms with Gasteiger partial charge in [-0.25, -0.2) is 0 Å². The second-order valence-corrected chi connectivity index (χ2v) is 3.42. The summed E-state index contributed by atoms with van der Waals surface area (Å²) in [6, 6.07) is 19.1. The molecule has 3 nitrogen and oxygen atoms in total. The van der Waals surface area contributed by atoms with Gasteiger partial charge in [-0.1, -0.05) is 36.4 Å². The molecule has 0 amide bonds. The number of anilines is 2. The van der Waals surface area contributed by atoms with Gasteiger partial charge in [0.1, 0.15) is 6.29 Å². The summed E-state index contributed by atoms with van der Waals surface area (Å²) in [5.74, 6) is 0. The Balaban J connectivity index is 0.000000199. The predicted molar refractivity (Wildman–Crippen MR) is 76.1 cm³/mol. The summed E-state index contributed by atoms with van der Waals surface area (Å²) in [5, 5.41) is 2.93. The average molecular weight is 240 g/mol. The van der Waals surface area contributed by atoms with Crippen molar-refractivity contribution >= 4 is 17.7 Å². The number of allylic oxidation sites excluding steroid dienone is 1. The monoisotopic (exact) mass is 240 g/mol. The quantitative estimate of drug-likeness (QED) is 0.492. The van der Waals surface area contributed by atoms with Crippen molar-refractivity contribution in [1.29, 1.82) is 0 Å². The van der Waals surface area contributed by atoms with Gasteiger partial charge in [-0.15, -0.1) is 0 Å². The van der Waals surface area contributed by atoms with Crippen molar-refractivity contribution in [3.8, 4) is 0 Å². The number of hydrogen-bond acceptors (Lipinski definition) is 3. The SMILES string of the molecule is Nc1ccccc1.O=CC=CNc1ccccc1. The van der Waals surface area contributed by atoms with Crippen LogP contribution in [0.1, 0.15) is 0 Å². The van der Waals surface area contributed by atoms with Gasteiger partial charge in [0.15, 0.2) is 0 Å². The fourth-order valence-corrected chi connectivity index (χ4v) is 1.17. The van der Waals surface area contributed by atoms with Crippen LogP contribution in [0, 0.1) is 0 Å². The van der Waals surface area contributed by atoms with Gasteiger partial charge in [0, 0.05) is 17.6 Å². The Labute approximate surface area is 107 Å². The highest BCUT2D eigenvalue weighted by molar-refractivity contribution is 5.65. The van der Waals surface area contributed by atoms with Crippen LogP contribution in [0.2, 0.25) is 0 Å². The first kappa shape index (κ1) is 13.5. The van der Waals surface area contributed by atoms with Crippen molar-refractivity contribution < 1.29 is 4.79 Å². The molecular weight excluding hydrogens is 224 g/mol. The van der Waals surface area contributed by atoms with Gasteiger partial charge in [0.25, 0.3) is 0 Å². The molecule has 0 saturated carbocycles. The van der Waals surface area contributed by atoms with E-state index < -0.39 is 0 Å². The Kier molecular flexibility index (Phi) is 6.45. The van der Waals surface area contributed by atoms with Crippen LogP contribution in [0.3, 0.4) is 0 Å². The number of nitrogen functional groups attached to an aromatic ring is 1. The maximum Gasteiger partial charge on any atom is 0.144 e. The zero-order valence-electron chi connectivity index (χ0n) is 9.99. The second kappa shape index (κ2) is 8.58. The van der Waals surface area contributed by atoms with E-state index in [1.165, 1.54) is 6.08 Å². The van der Waals surface area contributed by atoms with E-state index in [9.17, 15) is 4.79 Å². The first-order valence-electron chi connectivity index (χ1n) is 5.55. The topological polar surface area (TPSA) is 55.1 Å². The van der Waals surface area contributed by atoms with E-state index in [4.69, 9.17) is 5.73 Å². The number of benzene rings is 2. The largest absolute Gasteiger partial charge is 0.399 e. The summed E-state index contributed by atoms with van der Waals surface area (Å²) in [5.41, 5.74) is 7.16. The number of hydrogen-bond donors (Lipinski definition) is 2. The van der Waals surface area contributed by atoms with Crippen molar-refractivity contribution in [1.82, 2.24) is 0 Å². The molecule has 0 radical (unpaired) electrons. The Morgan fingerprint density at radius 1 is 0.889 bits per heavy atom. The molecule has 0 fully saturated rings. The molecule has 3 N–H and O–H groups in total. The first-order valence-corrected chi connectivity index (χ1v) is 5.55. The smallest absolute Gasteiger partial charge is 0.144 e. The highest BCUT2D eigenvalue weighted by Gasteiger charge is 1.81. The van der Waals surface area contributed by atoms with Crippen LogP contribution in [0.5, 0.6) is 0 Å². The van der Waals surface area contributed by atoms with E-state index in [0.717, 1.165) is 17.7 Å². The molecule has 0 aromatic heterocycles. The fourth-order valence-electron chi connectivity index (χ4n) is 1.17. The van der Waals surface area contributed by atoms with Crippen LogP contribution in [0.4, 0.5) is 11.4 Å². The van der Waals surface area contributed by atoms with Gasteiger partial charge in [-0.05, 0) is 30.3 Å². The predicted octanol–water partition coefficient (Wildman–Crippen LogP) is 3.08. The van der Waals surface area contributed by atoms with Crippen molar-refractivity contribution in [2.75, 3.05) is 11.1 Å². The number of carbonyl (C=O) groups excluding carboxylic acids is 1. The normalized spacial score (nSPS) is 9.33. The summed E-state index contributed by atoms with van der Waals surface area (Å²) in [6.45, 7) is 0. The van der Waals surface area contributed by atoms with E-state index >= 15 is 0 Å². The highest BCUT2D eigenvalue weighted by Crippen LogP contribution is 2.03. The van der Waals surface area contributed by atoms with E-state index in [0.29, 0.717) is 0 Å². The van der Waals surface area contributed by atoms with Crippen LogP contribution in [0.15, 0.2) is 72.9 Å². The van der Waals surface area contributed by atoms with Gasteiger partial charge in [0.05, 0.1) is 0 Å². The minimum Gasteiger partial charge on any atom is -0.399 e. The Morgan fingerprint density at radius 2 is 1.44 bits per heavy atom. The molecule has 0 unspecified atom stereocenters. The van der Waals surface area contributed by atoms with Gasteiger partial charge in [-0.3, -0.25) is 4.79 Å². The molecule has 0 saturated heterocycles. The molecule has 0 atom stereocenters. The third kappa shape index (κ3) is 6.12. The molecule has 18 heavy (non-hydrogen) atoms. The van der Waals surface area contributed by atoms with Gasteiger partial charge < -0.3 is 11.1 Å². The van der Waals surface area contributed by atoms with E-state index in [2.05, 4.69) is 5.32 Å². The van der Waals surface area contributed by atoms with Crippen LogP contribution >= 0.6 is 0 Å². The molecular formula is C15H16N2O. The van der Waals surface area contributed by atoms with Crippen molar-refractivity contribution in [2.45, 2.75) is 0 Å². The first-order chi connectivity index (χ1) is 8.83. The summed E-state index contributed by atoms with van der Waals surface area (Å²) in [4.78, 5) is 9.87. The van der Waals surface area contributed by atoms with Crippen LogP contribution in [0.25, 0.3) is 0 Å². The van der Waals surface area contributed by atoms with Gasteiger partial charge >= 0.3 is 0 Å².